The van der Waals surface area contributed by atoms with Crippen molar-refractivity contribution in [2.24, 2.45) is 0 Å². The molecule has 2 aliphatic rings. The zero-order chi connectivity index (χ0) is 16.7. The highest BCUT2D eigenvalue weighted by Gasteiger charge is 2.31. The van der Waals surface area contributed by atoms with Crippen LogP contribution >= 0.6 is 0 Å². The Morgan fingerprint density at radius 3 is 2.54 bits per heavy atom. The summed E-state index contributed by atoms with van der Waals surface area (Å²) in [4.78, 5) is 10.5. The van der Waals surface area contributed by atoms with Gasteiger partial charge in [-0.25, -0.2) is 0 Å². The monoisotopic (exact) mass is 327 g/mol. The van der Waals surface area contributed by atoms with Gasteiger partial charge < -0.3 is 14.2 Å². The Kier molecular flexibility index (Phi) is 3.61. The van der Waals surface area contributed by atoms with Gasteiger partial charge in [0.25, 0.3) is 5.69 Å². The fourth-order valence-electron chi connectivity index (χ4n) is 3.25. The molecule has 2 unspecified atom stereocenters. The molecule has 0 saturated heterocycles. The molecule has 0 bridgehead atoms. The van der Waals surface area contributed by atoms with Crippen LogP contribution in [0.25, 0.3) is 0 Å². The largest absolute Gasteiger partial charge is 0.454 e. The highest BCUT2D eigenvalue weighted by Crippen LogP contribution is 2.43. The van der Waals surface area contributed by atoms with Crippen molar-refractivity contribution in [2.75, 3.05) is 6.79 Å². The number of nitro groups is 1. The van der Waals surface area contributed by atoms with Crippen LogP contribution in [0.1, 0.15) is 36.1 Å². The molecular weight excluding hydrogens is 310 g/mol. The molecule has 2 aliphatic heterocycles. The second-order valence-electron chi connectivity index (χ2n) is 6.00. The quantitative estimate of drug-likeness (QED) is 0.634. The van der Waals surface area contributed by atoms with E-state index in [9.17, 15) is 10.1 Å². The van der Waals surface area contributed by atoms with Gasteiger partial charge in [-0.3, -0.25) is 10.1 Å². The molecule has 0 radical (unpaired) electrons. The average molecular weight is 327 g/mol. The van der Waals surface area contributed by atoms with E-state index in [1.54, 1.807) is 12.1 Å². The Hall–Kier alpha value is -2.60. The van der Waals surface area contributed by atoms with Crippen molar-refractivity contribution in [1.29, 1.82) is 0 Å². The lowest BCUT2D eigenvalue weighted by Gasteiger charge is -2.32. The van der Waals surface area contributed by atoms with E-state index in [4.69, 9.17) is 14.2 Å². The van der Waals surface area contributed by atoms with Crippen molar-refractivity contribution in [3.63, 3.8) is 0 Å². The minimum atomic E-state index is -0.396. The zero-order valence-electron chi connectivity index (χ0n) is 13.2. The van der Waals surface area contributed by atoms with Gasteiger partial charge in [-0.05, 0) is 53.8 Å². The molecule has 0 aromatic heterocycles. The van der Waals surface area contributed by atoms with Crippen molar-refractivity contribution in [3.8, 4) is 11.5 Å². The molecule has 4 rings (SSSR count). The molecule has 2 atom stereocenters. The number of nitrogens with zero attached hydrogens (tertiary/aromatic N) is 1. The minimum Gasteiger partial charge on any atom is -0.454 e. The summed E-state index contributed by atoms with van der Waals surface area (Å²) < 4.78 is 17.2. The number of nitro benzene ring substituents is 1. The van der Waals surface area contributed by atoms with Crippen molar-refractivity contribution in [1.82, 2.24) is 0 Å². The first-order chi connectivity index (χ1) is 11.7. The third kappa shape index (κ3) is 2.49. The fraction of sp³-hybridized carbons (Fsp3) is 0.333. The van der Waals surface area contributed by atoms with Crippen LogP contribution in [-0.4, -0.2) is 17.8 Å². The van der Waals surface area contributed by atoms with Gasteiger partial charge in [-0.15, -0.1) is 0 Å². The van der Waals surface area contributed by atoms with Crippen LogP contribution in [0, 0.1) is 10.1 Å². The van der Waals surface area contributed by atoms with Crippen LogP contribution < -0.4 is 9.47 Å². The van der Waals surface area contributed by atoms with Crippen LogP contribution in [-0.2, 0) is 11.2 Å². The molecule has 6 nitrogen and oxygen atoms in total. The van der Waals surface area contributed by atoms with E-state index in [1.165, 1.54) is 17.7 Å². The molecule has 6 heteroatoms. The Morgan fingerprint density at radius 1 is 1.17 bits per heavy atom. The normalized spacial score (nSPS) is 21.4. The lowest BCUT2D eigenvalue weighted by atomic mass is 9.89. The van der Waals surface area contributed by atoms with E-state index < -0.39 is 4.92 Å². The van der Waals surface area contributed by atoms with E-state index in [0.29, 0.717) is 0 Å². The molecule has 0 amide bonds. The predicted molar refractivity (Wildman–Crippen MR) is 86.4 cm³/mol. The van der Waals surface area contributed by atoms with Crippen LogP contribution in [0.3, 0.4) is 0 Å². The molecule has 24 heavy (non-hydrogen) atoms. The Labute approximate surface area is 139 Å². The van der Waals surface area contributed by atoms with Crippen molar-refractivity contribution in [2.45, 2.75) is 32.0 Å². The summed E-state index contributed by atoms with van der Waals surface area (Å²) in [6.45, 7) is 2.33. The van der Waals surface area contributed by atoms with Crippen LogP contribution in [0.5, 0.6) is 11.5 Å². The minimum absolute atomic E-state index is 0.0764. The summed E-state index contributed by atoms with van der Waals surface area (Å²) in [5, 5.41) is 10.9. The number of hydrogen-bond acceptors (Lipinski definition) is 5. The first-order valence-electron chi connectivity index (χ1n) is 7.98. The van der Waals surface area contributed by atoms with Gasteiger partial charge in [0.2, 0.25) is 6.79 Å². The molecule has 124 valence electrons. The smallest absolute Gasteiger partial charge is 0.269 e. The maximum absolute atomic E-state index is 10.9. The van der Waals surface area contributed by atoms with E-state index in [2.05, 4.69) is 6.92 Å². The highest BCUT2D eigenvalue weighted by atomic mass is 16.7. The lowest BCUT2D eigenvalue weighted by Crippen LogP contribution is -2.26. The van der Waals surface area contributed by atoms with Crippen LogP contribution in [0.15, 0.2) is 36.4 Å². The molecule has 0 spiro atoms. The number of benzene rings is 2. The number of hydrogen-bond donors (Lipinski definition) is 0. The second kappa shape index (κ2) is 5.79. The third-order valence-corrected chi connectivity index (χ3v) is 4.56. The Morgan fingerprint density at radius 2 is 1.88 bits per heavy atom. The van der Waals surface area contributed by atoms with Gasteiger partial charge >= 0.3 is 0 Å². The number of ether oxygens (including phenoxy) is 3. The van der Waals surface area contributed by atoms with Crippen LogP contribution in [0.2, 0.25) is 0 Å². The van der Waals surface area contributed by atoms with Gasteiger partial charge in [0.1, 0.15) is 6.10 Å². The van der Waals surface area contributed by atoms with Gasteiger partial charge in [-0.2, -0.15) is 0 Å². The first-order valence-corrected chi connectivity index (χ1v) is 7.98. The number of fused-ring (bicyclic) bond motifs is 2. The van der Waals surface area contributed by atoms with E-state index >= 15 is 0 Å². The van der Waals surface area contributed by atoms with Crippen LogP contribution in [0.4, 0.5) is 5.69 Å². The topological polar surface area (TPSA) is 70.8 Å². The maximum Gasteiger partial charge on any atom is 0.269 e. The standard InChI is InChI=1S/C18H17NO5/c1-2-14-7-12-8-16-17(23-10-22-16)9-15(12)18(24-14)11-3-5-13(6-4-11)19(20)21/h3-6,8-9,14,18H,2,7,10H2,1H3. The molecule has 2 aromatic rings. The Bertz CT molecular complexity index is 787. The SMILES string of the molecule is CCC1Cc2cc3c(cc2C(c2ccc([N+](=O)[O-])cc2)O1)OCO3. The molecule has 0 aliphatic carbocycles. The van der Waals surface area contributed by atoms with Crippen molar-refractivity contribution < 1.29 is 19.1 Å². The molecule has 0 fully saturated rings. The zero-order valence-corrected chi connectivity index (χ0v) is 13.2. The first kappa shape index (κ1) is 15.0. The highest BCUT2D eigenvalue weighted by molar-refractivity contribution is 5.52. The molecule has 2 heterocycles. The molecule has 2 aromatic carbocycles. The fourth-order valence-corrected chi connectivity index (χ4v) is 3.25. The average Bonchev–Trinajstić information content (AvgIpc) is 3.06. The maximum atomic E-state index is 10.9. The number of rotatable bonds is 3. The van der Waals surface area contributed by atoms with Gasteiger partial charge in [0.05, 0.1) is 11.0 Å². The van der Waals surface area contributed by atoms with Crippen molar-refractivity contribution >= 4 is 5.69 Å². The second-order valence-corrected chi connectivity index (χ2v) is 6.00. The van der Waals surface area contributed by atoms with E-state index in [1.807, 2.05) is 12.1 Å². The lowest BCUT2D eigenvalue weighted by molar-refractivity contribution is -0.384. The Balaban J connectivity index is 1.76. The predicted octanol–water partition coefficient (Wildman–Crippen LogP) is 3.76. The third-order valence-electron chi connectivity index (χ3n) is 4.56. The number of non-ortho nitro benzene ring substituents is 1. The summed E-state index contributed by atoms with van der Waals surface area (Å²) in [5.74, 6) is 1.49. The van der Waals surface area contributed by atoms with Gasteiger partial charge in [0, 0.05) is 12.1 Å². The van der Waals surface area contributed by atoms with Gasteiger partial charge in [-0.1, -0.05) is 6.92 Å². The summed E-state index contributed by atoms with van der Waals surface area (Å²) in [7, 11) is 0. The summed E-state index contributed by atoms with van der Waals surface area (Å²) in [6, 6.07) is 10.5. The molecule has 0 saturated carbocycles. The van der Waals surface area contributed by atoms with E-state index in [0.717, 1.165) is 35.5 Å². The van der Waals surface area contributed by atoms with Crippen molar-refractivity contribution in [3.05, 3.63) is 63.2 Å². The summed E-state index contributed by atoms with van der Waals surface area (Å²) in [6.07, 6.45) is 1.58. The van der Waals surface area contributed by atoms with Gasteiger partial charge in [0.15, 0.2) is 11.5 Å². The summed E-state index contributed by atoms with van der Waals surface area (Å²) in [5.41, 5.74) is 3.20. The molecular formula is C18H17NO5. The van der Waals surface area contributed by atoms with E-state index in [-0.39, 0.29) is 24.7 Å². The molecule has 0 N–H and O–H groups in total. The summed E-state index contributed by atoms with van der Waals surface area (Å²) >= 11 is 0.